The zero-order valence-electron chi connectivity index (χ0n) is 25.0. The number of amides is 4. The van der Waals surface area contributed by atoms with E-state index in [0.717, 1.165) is 5.56 Å². The molecule has 0 bridgehead atoms. The lowest BCUT2D eigenvalue weighted by Gasteiger charge is -2.30. The summed E-state index contributed by atoms with van der Waals surface area (Å²) in [5.74, 6) is -1.57. The number of rotatable bonds is 16. The van der Waals surface area contributed by atoms with E-state index in [1.165, 1.54) is 9.80 Å². The molecule has 231 valence electrons. The summed E-state index contributed by atoms with van der Waals surface area (Å²) < 4.78 is 0. The van der Waals surface area contributed by atoms with Gasteiger partial charge in [-0.1, -0.05) is 48.5 Å². The Balaban J connectivity index is 1.67. The summed E-state index contributed by atoms with van der Waals surface area (Å²) in [5.41, 5.74) is 7.18. The fourth-order valence-corrected chi connectivity index (χ4v) is 5.29. The molecule has 1 radical (unpaired) electrons. The van der Waals surface area contributed by atoms with Gasteiger partial charge in [-0.15, -0.1) is 0 Å². The Kier molecular flexibility index (Phi) is 13.3. The SMILES string of the molecule is CN[C@@H](Cc1ccccc1)C(=O)N[C@@H](CCCCN)C(=O)N1CCC[C@H]1C(=O)NCC(=O)N(c1ccccc1)[C@@H](C)[C]=O. The van der Waals surface area contributed by atoms with E-state index in [9.17, 15) is 24.0 Å². The van der Waals surface area contributed by atoms with Gasteiger partial charge in [-0.3, -0.25) is 24.0 Å². The van der Waals surface area contributed by atoms with E-state index in [1.54, 1.807) is 44.3 Å². The van der Waals surface area contributed by atoms with Crippen LogP contribution >= 0.6 is 0 Å². The first kappa shape index (κ1) is 33.4. The quantitative estimate of drug-likeness (QED) is 0.213. The molecule has 0 spiro atoms. The van der Waals surface area contributed by atoms with Crippen molar-refractivity contribution >= 4 is 35.6 Å². The molecule has 0 aromatic heterocycles. The van der Waals surface area contributed by atoms with Crippen LogP contribution in [0.1, 0.15) is 44.6 Å². The summed E-state index contributed by atoms with van der Waals surface area (Å²) in [6.07, 6.45) is 5.04. The van der Waals surface area contributed by atoms with E-state index in [1.807, 2.05) is 36.6 Å². The van der Waals surface area contributed by atoms with E-state index in [-0.39, 0.29) is 18.4 Å². The predicted octanol–water partition coefficient (Wildman–Crippen LogP) is 1.07. The maximum atomic E-state index is 13.8. The average molecular weight is 592 g/mol. The molecule has 2 aromatic rings. The largest absolute Gasteiger partial charge is 0.345 e. The first-order chi connectivity index (χ1) is 20.8. The molecular formula is C32H43N6O5. The molecule has 0 unspecified atom stereocenters. The fourth-order valence-electron chi connectivity index (χ4n) is 5.29. The molecule has 4 amide bonds. The Morgan fingerprint density at radius 1 is 1.02 bits per heavy atom. The Bertz CT molecular complexity index is 1210. The molecular weight excluding hydrogens is 548 g/mol. The lowest BCUT2D eigenvalue weighted by Crippen LogP contribution is -2.56. The number of carbonyl (C=O) groups is 4. The number of likely N-dealkylation sites (tertiary alicyclic amines) is 1. The summed E-state index contributed by atoms with van der Waals surface area (Å²) in [6.45, 7) is 2.03. The van der Waals surface area contributed by atoms with Gasteiger partial charge in [-0.25, -0.2) is 0 Å². The van der Waals surface area contributed by atoms with E-state index < -0.39 is 36.0 Å². The first-order valence-electron chi connectivity index (χ1n) is 14.8. The van der Waals surface area contributed by atoms with Gasteiger partial charge >= 0.3 is 0 Å². The minimum atomic E-state index is -0.849. The fraction of sp³-hybridized carbons (Fsp3) is 0.469. The highest BCUT2D eigenvalue weighted by Crippen LogP contribution is 2.21. The van der Waals surface area contributed by atoms with Crippen molar-refractivity contribution in [2.45, 2.75) is 69.6 Å². The van der Waals surface area contributed by atoms with Crippen molar-refractivity contribution < 1.29 is 24.0 Å². The van der Waals surface area contributed by atoms with Gasteiger partial charge in [0.2, 0.25) is 29.9 Å². The Labute approximate surface area is 253 Å². The van der Waals surface area contributed by atoms with Gasteiger partial charge < -0.3 is 31.5 Å². The number of likely N-dealkylation sites (N-methyl/N-ethyl adjacent to an activating group) is 1. The van der Waals surface area contributed by atoms with Crippen LogP contribution in [0.5, 0.6) is 0 Å². The van der Waals surface area contributed by atoms with Crippen LogP contribution in [0, 0.1) is 0 Å². The number of nitrogens with zero attached hydrogens (tertiary/aromatic N) is 2. The number of carbonyl (C=O) groups excluding carboxylic acids is 5. The second-order valence-corrected chi connectivity index (χ2v) is 10.7. The lowest BCUT2D eigenvalue weighted by molar-refractivity contribution is -0.142. The van der Waals surface area contributed by atoms with Crippen LogP contribution in [-0.2, 0) is 30.4 Å². The van der Waals surface area contributed by atoms with Crippen molar-refractivity contribution in [1.29, 1.82) is 0 Å². The topological polar surface area (TPSA) is 154 Å². The Hall–Kier alpha value is -4.09. The monoisotopic (exact) mass is 591 g/mol. The van der Waals surface area contributed by atoms with Crippen molar-refractivity contribution in [3.63, 3.8) is 0 Å². The summed E-state index contributed by atoms with van der Waals surface area (Å²) in [7, 11) is 1.70. The second-order valence-electron chi connectivity index (χ2n) is 10.7. The van der Waals surface area contributed by atoms with Crippen LogP contribution in [0.2, 0.25) is 0 Å². The molecule has 1 aliphatic rings. The van der Waals surface area contributed by atoms with Crippen LogP contribution < -0.4 is 26.6 Å². The zero-order chi connectivity index (χ0) is 31.2. The first-order valence-corrected chi connectivity index (χ1v) is 14.8. The maximum Gasteiger partial charge on any atom is 0.247 e. The number of anilines is 1. The number of nitrogens with one attached hydrogen (secondary N) is 3. The second kappa shape index (κ2) is 17.1. The maximum absolute atomic E-state index is 13.8. The van der Waals surface area contributed by atoms with Gasteiger partial charge in [0, 0.05) is 12.2 Å². The molecule has 0 aliphatic carbocycles. The van der Waals surface area contributed by atoms with Crippen LogP contribution in [0.15, 0.2) is 60.7 Å². The molecule has 0 saturated carbocycles. The molecule has 3 rings (SSSR count). The molecule has 11 nitrogen and oxygen atoms in total. The molecule has 43 heavy (non-hydrogen) atoms. The number of hydrogen-bond acceptors (Lipinski definition) is 7. The van der Waals surface area contributed by atoms with Gasteiger partial charge in [0.25, 0.3) is 0 Å². The van der Waals surface area contributed by atoms with Crippen molar-refractivity contribution in [3.8, 4) is 0 Å². The summed E-state index contributed by atoms with van der Waals surface area (Å²) in [5, 5.41) is 8.62. The third-order valence-electron chi connectivity index (χ3n) is 7.62. The highest BCUT2D eigenvalue weighted by molar-refractivity contribution is 6.00. The zero-order valence-corrected chi connectivity index (χ0v) is 25.0. The van der Waals surface area contributed by atoms with Gasteiger partial charge in [-0.05, 0) is 76.7 Å². The highest BCUT2D eigenvalue weighted by Gasteiger charge is 2.38. The van der Waals surface area contributed by atoms with Crippen molar-refractivity contribution in [3.05, 3.63) is 66.2 Å². The third kappa shape index (κ3) is 9.45. The normalized spacial score (nSPS) is 16.5. The number of benzene rings is 2. The summed E-state index contributed by atoms with van der Waals surface area (Å²) in [4.78, 5) is 67.5. The van der Waals surface area contributed by atoms with E-state index in [0.29, 0.717) is 57.3 Å². The standard InChI is InChI=1S/C32H43N6O5/c1-23(22-39)38(25-14-7-4-8-15-25)29(40)21-35-31(42)28-17-11-19-37(28)32(43)26(16-9-10-18-33)36-30(41)27(34-2)20-24-12-5-3-6-13-24/h3-8,12-15,23,26-28,34H,9-11,16-21,33H2,1-2H3,(H,35,42)(H,36,41)/t23-,26-,27-,28-/m0/s1. The number of hydrogen-bond donors (Lipinski definition) is 4. The van der Waals surface area contributed by atoms with Crippen LogP contribution in [0.25, 0.3) is 0 Å². The minimum absolute atomic E-state index is 0.301. The van der Waals surface area contributed by atoms with Gasteiger partial charge in [0.05, 0.1) is 12.6 Å². The minimum Gasteiger partial charge on any atom is -0.345 e. The lowest BCUT2D eigenvalue weighted by atomic mass is 10.0. The van der Waals surface area contributed by atoms with Crippen LogP contribution in [-0.4, -0.2) is 85.7 Å². The predicted molar refractivity (Wildman–Crippen MR) is 165 cm³/mol. The molecule has 5 N–H and O–H groups in total. The van der Waals surface area contributed by atoms with Gasteiger partial charge in [0.15, 0.2) is 0 Å². The van der Waals surface area contributed by atoms with E-state index in [2.05, 4.69) is 16.0 Å². The molecule has 2 aromatic carbocycles. The number of unbranched alkanes of at least 4 members (excludes halogenated alkanes) is 1. The molecule has 1 saturated heterocycles. The van der Waals surface area contributed by atoms with Crippen molar-refractivity contribution in [2.24, 2.45) is 5.73 Å². The van der Waals surface area contributed by atoms with Crippen molar-refractivity contribution in [1.82, 2.24) is 20.9 Å². The number of para-hydroxylation sites is 1. The molecule has 1 aliphatic heterocycles. The van der Waals surface area contributed by atoms with E-state index >= 15 is 0 Å². The van der Waals surface area contributed by atoms with E-state index in [4.69, 9.17) is 5.73 Å². The molecule has 1 fully saturated rings. The summed E-state index contributed by atoms with van der Waals surface area (Å²) in [6, 6.07) is 15.3. The number of nitrogens with two attached hydrogens (primary N) is 1. The van der Waals surface area contributed by atoms with Crippen molar-refractivity contribution in [2.75, 3.05) is 31.6 Å². The smallest absolute Gasteiger partial charge is 0.247 e. The van der Waals surface area contributed by atoms with Crippen LogP contribution in [0.3, 0.4) is 0 Å². The highest BCUT2D eigenvalue weighted by atomic mass is 16.2. The average Bonchev–Trinajstić information content (AvgIpc) is 3.53. The van der Waals surface area contributed by atoms with Gasteiger partial charge in [-0.2, -0.15) is 0 Å². The third-order valence-corrected chi connectivity index (χ3v) is 7.62. The molecule has 11 heteroatoms. The Morgan fingerprint density at radius 2 is 1.70 bits per heavy atom. The molecule has 4 atom stereocenters. The van der Waals surface area contributed by atoms with Gasteiger partial charge in [0.1, 0.15) is 18.1 Å². The Morgan fingerprint density at radius 3 is 2.33 bits per heavy atom. The molecule has 1 heterocycles. The van der Waals surface area contributed by atoms with Crippen LogP contribution in [0.4, 0.5) is 5.69 Å². The summed E-state index contributed by atoms with van der Waals surface area (Å²) >= 11 is 0.